The molecular formula is C24H36BFN2O5. The Balaban J connectivity index is 1.64. The summed E-state index contributed by atoms with van der Waals surface area (Å²) in [6, 6.07) is 4.44. The number of alkyl carbamates (subject to hydrolysis) is 1. The monoisotopic (exact) mass is 462 g/mol. The molecule has 0 spiro atoms. The fraction of sp³-hybridized carbons (Fsp3) is 0.667. The molecule has 1 aromatic rings. The lowest BCUT2D eigenvalue weighted by Gasteiger charge is -2.33. The van der Waals surface area contributed by atoms with Crippen LogP contribution in [0.1, 0.15) is 66.9 Å². The van der Waals surface area contributed by atoms with Gasteiger partial charge in [0.05, 0.1) is 17.6 Å². The molecule has 2 fully saturated rings. The zero-order valence-electron chi connectivity index (χ0n) is 20.8. The lowest BCUT2D eigenvalue weighted by molar-refractivity contribution is -0.131. The van der Waals surface area contributed by atoms with Crippen molar-refractivity contribution in [2.45, 2.75) is 90.6 Å². The Bertz CT molecular complexity index is 883. The van der Waals surface area contributed by atoms with Gasteiger partial charge in [0.2, 0.25) is 5.91 Å². The number of carbonyl (C=O) groups is 2. The van der Waals surface area contributed by atoms with E-state index in [1.54, 1.807) is 37.8 Å². The summed E-state index contributed by atoms with van der Waals surface area (Å²) in [6.45, 7) is 14.2. The minimum atomic E-state index is -0.623. The molecule has 2 heterocycles. The van der Waals surface area contributed by atoms with Gasteiger partial charge in [0.1, 0.15) is 11.4 Å². The third kappa shape index (κ3) is 6.26. The van der Waals surface area contributed by atoms with Crippen molar-refractivity contribution in [2.24, 2.45) is 0 Å². The Morgan fingerprint density at radius 3 is 2.45 bits per heavy atom. The first kappa shape index (κ1) is 25.5. The van der Waals surface area contributed by atoms with E-state index in [1.165, 1.54) is 6.07 Å². The Morgan fingerprint density at radius 1 is 1.21 bits per heavy atom. The molecule has 9 heteroatoms. The van der Waals surface area contributed by atoms with Gasteiger partial charge >= 0.3 is 13.2 Å². The first-order chi connectivity index (χ1) is 15.2. The number of ether oxygens (including phenoxy) is 1. The highest BCUT2D eigenvalue weighted by Crippen LogP contribution is 2.36. The average molecular weight is 462 g/mol. The second kappa shape index (κ2) is 9.26. The molecule has 1 unspecified atom stereocenters. The third-order valence-corrected chi connectivity index (χ3v) is 6.43. The van der Waals surface area contributed by atoms with Gasteiger partial charge in [-0.25, -0.2) is 9.18 Å². The maximum absolute atomic E-state index is 14.6. The number of hydrogen-bond donors (Lipinski definition) is 1. The van der Waals surface area contributed by atoms with Gasteiger partial charge in [-0.05, 0) is 78.4 Å². The number of nitrogens with zero attached hydrogens (tertiary/aromatic N) is 1. The van der Waals surface area contributed by atoms with Crippen LogP contribution in [-0.4, -0.2) is 60.0 Å². The fourth-order valence-corrected chi connectivity index (χ4v) is 3.93. The van der Waals surface area contributed by atoms with Gasteiger partial charge in [-0.2, -0.15) is 0 Å². The molecule has 33 heavy (non-hydrogen) atoms. The van der Waals surface area contributed by atoms with Crippen LogP contribution in [-0.2, 0) is 25.3 Å². The molecule has 0 bridgehead atoms. The molecular weight excluding hydrogens is 426 g/mol. The molecule has 1 aromatic carbocycles. The van der Waals surface area contributed by atoms with Crippen LogP contribution in [0.3, 0.4) is 0 Å². The number of halogens is 1. The van der Waals surface area contributed by atoms with Gasteiger partial charge in [-0.3, -0.25) is 4.79 Å². The molecule has 0 aliphatic carbocycles. The molecule has 0 saturated carbocycles. The van der Waals surface area contributed by atoms with Crippen LogP contribution in [0.25, 0.3) is 0 Å². The summed E-state index contributed by atoms with van der Waals surface area (Å²) in [6.07, 6.45) is 0.943. The topological polar surface area (TPSA) is 77.1 Å². The SMILES string of the molecule is CC(C)(C)OC(=O)NC1CCCN(C(=O)Cc2cc(B3OC(C)(C)C(C)(C)O3)ccc2F)C1. The normalized spacial score (nSPS) is 22.2. The van der Waals surface area contributed by atoms with Gasteiger partial charge in [-0.15, -0.1) is 0 Å². The second-order valence-electron chi connectivity index (χ2n) is 10.9. The quantitative estimate of drug-likeness (QED) is 0.696. The molecule has 2 aliphatic heterocycles. The van der Waals surface area contributed by atoms with E-state index in [9.17, 15) is 14.0 Å². The van der Waals surface area contributed by atoms with E-state index in [-0.39, 0.29) is 18.4 Å². The number of piperidine rings is 1. The summed E-state index contributed by atoms with van der Waals surface area (Å²) in [5.74, 6) is -0.625. The lowest BCUT2D eigenvalue weighted by atomic mass is 9.78. The van der Waals surface area contributed by atoms with Crippen molar-refractivity contribution >= 4 is 24.6 Å². The number of benzene rings is 1. The zero-order chi connectivity index (χ0) is 24.6. The standard InChI is InChI=1S/C24H36BFN2O5/c1-22(2,3)31-21(30)27-18-9-8-12-28(15-18)20(29)14-16-13-17(10-11-19(16)26)25-32-23(4,5)24(6,7)33-25/h10-11,13,18H,8-9,12,14-15H2,1-7H3,(H,27,30). The molecule has 182 valence electrons. The largest absolute Gasteiger partial charge is 0.494 e. The number of carbonyl (C=O) groups excluding carboxylic acids is 2. The number of rotatable bonds is 4. The predicted molar refractivity (Wildman–Crippen MR) is 125 cm³/mol. The summed E-state index contributed by atoms with van der Waals surface area (Å²) in [5, 5.41) is 2.83. The van der Waals surface area contributed by atoms with Crippen LogP contribution in [0.4, 0.5) is 9.18 Å². The molecule has 3 rings (SSSR count). The lowest BCUT2D eigenvalue weighted by Crippen LogP contribution is -2.50. The van der Waals surface area contributed by atoms with E-state index in [0.29, 0.717) is 24.1 Å². The molecule has 2 aliphatic rings. The van der Waals surface area contributed by atoms with Crippen LogP contribution in [0.5, 0.6) is 0 Å². The van der Waals surface area contributed by atoms with Crippen LogP contribution in [0, 0.1) is 5.82 Å². The van der Waals surface area contributed by atoms with E-state index in [2.05, 4.69) is 5.32 Å². The average Bonchev–Trinajstić information content (AvgIpc) is 2.89. The smallest absolute Gasteiger partial charge is 0.444 e. The van der Waals surface area contributed by atoms with E-state index in [1.807, 2.05) is 27.7 Å². The highest BCUT2D eigenvalue weighted by molar-refractivity contribution is 6.62. The first-order valence-electron chi connectivity index (χ1n) is 11.6. The van der Waals surface area contributed by atoms with Gasteiger partial charge in [-0.1, -0.05) is 12.1 Å². The van der Waals surface area contributed by atoms with Crippen molar-refractivity contribution in [3.8, 4) is 0 Å². The number of hydrogen-bond acceptors (Lipinski definition) is 5. The molecule has 2 amide bonds. The van der Waals surface area contributed by atoms with Crippen molar-refractivity contribution in [3.05, 3.63) is 29.6 Å². The maximum atomic E-state index is 14.6. The number of likely N-dealkylation sites (tertiary alicyclic amines) is 1. The van der Waals surface area contributed by atoms with Crippen molar-refractivity contribution in [1.82, 2.24) is 10.2 Å². The summed E-state index contributed by atoms with van der Waals surface area (Å²) in [4.78, 5) is 26.7. The van der Waals surface area contributed by atoms with Crippen LogP contribution >= 0.6 is 0 Å². The van der Waals surface area contributed by atoms with Crippen LogP contribution < -0.4 is 10.8 Å². The second-order valence-corrected chi connectivity index (χ2v) is 10.9. The van der Waals surface area contributed by atoms with Crippen molar-refractivity contribution in [3.63, 3.8) is 0 Å². The summed E-state index contributed by atoms with van der Waals surface area (Å²) in [5.41, 5.74) is -0.623. The molecule has 1 N–H and O–H groups in total. The van der Waals surface area contributed by atoms with E-state index >= 15 is 0 Å². The summed E-state index contributed by atoms with van der Waals surface area (Å²) < 4.78 is 32.0. The van der Waals surface area contributed by atoms with Gasteiger partial charge < -0.3 is 24.3 Å². The third-order valence-electron chi connectivity index (χ3n) is 6.43. The van der Waals surface area contributed by atoms with Crippen LogP contribution in [0.15, 0.2) is 18.2 Å². The summed E-state index contributed by atoms with van der Waals surface area (Å²) in [7, 11) is -0.623. The van der Waals surface area contributed by atoms with Crippen LogP contribution in [0.2, 0.25) is 0 Å². The fourth-order valence-electron chi connectivity index (χ4n) is 3.93. The number of nitrogens with one attached hydrogen (secondary N) is 1. The van der Waals surface area contributed by atoms with Crippen molar-refractivity contribution in [2.75, 3.05) is 13.1 Å². The van der Waals surface area contributed by atoms with E-state index < -0.39 is 35.8 Å². The van der Waals surface area contributed by atoms with E-state index in [0.717, 1.165) is 12.8 Å². The molecule has 2 saturated heterocycles. The minimum absolute atomic E-state index is 0.0711. The van der Waals surface area contributed by atoms with Gasteiger partial charge in [0.15, 0.2) is 0 Å². The van der Waals surface area contributed by atoms with Gasteiger partial charge in [0.25, 0.3) is 0 Å². The molecule has 0 radical (unpaired) electrons. The molecule has 7 nitrogen and oxygen atoms in total. The zero-order valence-corrected chi connectivity index (χ0v) is 20.8. The highest BCUT2D eigenvalue weighted by Gasteiger charge is 2.51. The maximum Gasteiger partial charge on any atom is 0.494 e. The molecule has 1 atom stereocenters. The number of amides is 2. The minimum Gasteiger partial charge on any atom is -0.444 e. The highest BCUT2D eigenvalue weighted by atomic mass is 19.1. The van der Waals surface area contributed by atoms with Gasteiger partial charge in [0, 0.05) is 19.1 Å². The van der Waals surface area contributed by atoms with E-state index in [4.69, 9.17) is 14.0 Å². The Hall–Kier alpha value is -2.13. The molecule has 0 aromatic heterocycles. The van der Waals surface area contributed by atoms with Crippen molar-refractivity contribution < 1.29 is 28.0 Å². The Kier molecular flexibility index (Phi) is 7.15. The predicted octanol–water partition coefficient (Wildman–Crippen LogP) is 3.18. The Labute approximate surface area is 196 Å². The van der Waals surface area contributed by atoms with Crippen molar-refractivity contribution in [1.29, 1.82) is 0 Å². The first-order valence-corrected chi connectivity index (χ1v) is 11.6. The Morgan fingerprint density at radius 2 is 1.85 bits per heavy atom. The summed E-state index contributed by atoms with van der Waals surface area (Å²) >= 11 is 0.